The number of pyridine rings is 1. The van der Waals surface area contributed by atoms with E-state index in [0.717, 1.165) is 43.6 Å². The van der Waals surface area contributed by atoms with Gasteiger partial charge in [0, 0.05) is 30.2 Å². The third-order valence-corrected chi connectivity index (χ3v) is 5.63. The van der Waals surface area contributed by atoms with Gasteiger partial charge < -0.3 is 5.32 Å². The third kappa shape index (κ3) is 3.65. The molecule has 1 aliphatic heterocycles. The summed E-state index contributed by atoms with van der Waals surface area (Å²) in [5.41, 5.74) is 4.01. The SMILES string of the molecule is O=C(NC[C@H](c1cccnc1)N1CCCCC1)c1n[nH]c2c1CCCC2. The molecular weight excluding hydrogens is 326 g/mol. The van der Waals surface area contributed by atoms with Crippen molar-refractivity contribution in [3.8, 4) is 0 Å². The number of amides is 1. The molecule has 0 aromatic carbocycles. The molecular formula is C20H27N5O. The maximum atomic E-state index is 12.8. The van der Waals surface area contributed by atoms with E-state index < -0.39 is 0 Å². The fourth-order valence-electron chi connectivity index (χ4n) is 4.20. The van der Waals surface area contributed by atoms with Crippen LogP contribution in [0.25, 0.3) is 0 Å². The maximum Gasteiger partial charge on any atom is 0.272 e. The molecule has 1 fully saturated rings. The number of carbonyl (C=O) groups excluding carboxylic acids is 1. The number of H-pyrrole nitrogens is 1. The standard InChI is InChI=1S/C20H27N5O/c26-20(19-16-8-2-3-9-17(16)23-24-19)22-14-18(15-7-6-10-21-13-15)25-11-4-1-5-12-25/h6-7,10,13,18H,1-5,8-9,11-12,14H2,(H,22,26)(H,23,24)/t18-/m1/s1. The number of piperidine rings is 1. The van der Waals surface area contributed by atoms with E-state index >= 15 is 0 Å². The Labute approximate surface area is 154 Å². The van der Waals surface area contributed by atoms with Gasteiger partial charge in [-0.2, -0.15) is 5.10 Å². The Balaban J connectivity index is 1.47. The van der Waals surface area contributed by atoms with Crippen LogP contribution < -0.4 is 5.32 Å². The molecule has 1 aliphatic carbocycles. The highest BCUT2D eigenvalue weighted by Gasteiger charge is 2.25. The van der Waals surface area contributed by atoms with Crippen molar-refractivity contribution in [1.29, 1.82) is 0 Å². The number of nitrogens with zero attached hydrogens (tertiary/aromatic N) is 3. The molecule has 1 amide bonds. The largest absolute Gasteiger partial charge is 0.349 e. The second-order valence-electron chi connectivity index (χ2n) is 7.35. The van der Waals surface area contributed by atoms with Crippen LogP contribution in [0.15, 0.2) is 24.5 Å². The Bertz CT molecular complexity index is 736. The minimum Gasteiger partial charge on any atom is -0.349 e. The minimum absolute atomic E-state index is 0.0599. The van der Waals surface area contributed by atoms with Gasteiger partial charge >= 0.3 is 0 Å². The normalized spacial score (nSPS) is 18.9. The summed E-state index contributed by atoms with van der Waals surface area (Å²) in [4.78, 5) is 19.5. The number of rotatable bonds is 5. The first-order valence-corrected chi connectivity index (χ1v) is 9.81. The summed E-state index contributed by atoms with van der Waals surface area (Å²) in [6, 6.07) is 4.25. The summed E-state index contributed by atoms with van der Waals surface area (Å²) < 4.78 is 0. The molecule has 26 heavy (non-hydrogen) atoms. The number of likely N-dealkylation sites (tertiary alicyclic amines) is 1. The van der Waals surface area contributed by atoms with Gasteiger partial charge in [0.25, 0.3) is 5.91 Å². The van der Waals surface area contributed by atoms with Crippen LogP contribution in [0.4, 0.5) is 0 Å². The smallest absolute Gasteiger partial charge is 0.272 e. The molecule has 1 saturated heterocycles. The molecule has 4 rings (SSSR count). The van der Waals surface area contributed by atoms with E-state index in [4.69, 9.17) is 0 Å². The number of hydrogen-bond acceptors (Lipinski definition) is 4. The highest BCUT2D eigenvalue weighted by atomic mass is 16.1. The molecule has 6 heteroatoms. The van der Waals surface area contributed by atoms with Crippen LogP contribution in [-0.4, -0.2) is 45.6 Å². The zero-order valence-electron chi connectivity index (χ0n) is 15.2. The summed E-state index contributed by atoms with van der Waals surface area (Å²) in [5.74, 6) is -0.0599. The quantitative estimate of drug-likeness (QED) is 0.867. The van der Waals surface area contributed by atoms with Gasteiger partial charge in [-0.05, 0) is 63.2 Å². The molecule has 0 unspecified atom stereocenters. The number of fused-ring (bicyclic) bond motifs is 1. The van der Waals surface area contributed by atoms with Crippen LogP contribution in [0.5, 0.6) is 0 Å². The van der Waals surface area contributed by atoms with E-state index in [1.165, 1.54) is 31.2 Å². The molecule has 138 valence electrons. The Morgan fingerprint density at radius 3 is 2.85 bits per heavy atom. The first-order valence-electron chi connectivity index (χ1n) is 9.81. The fourth-order valence-corrected chi connectivity index (χ4v) is 4.20. The van der Waals surface area contributed by atoms with Gasteiger partial charge in [-0.1, -0.05) is 12.5 Å². The van der Waals surface area contributed by atoms with Crippen molar-refractivity contribution in [3.05, 3.63) is 47.0 Å². The van der Waals surface area contributed by atoms with Crippen LogP contribution >= 0.6 is 0 Å². The van der Waals surface area contributed by atoms with E-state index in [1.54, 1.807) is 6.20 Å². The Morgan fingerprint density at radius 2 is 2.04 bits per heavy atom. The Hall–Kier alpha value is -2.21. The number of aromatic amines is 1. The third-order valence-electron chi connectivity index (χ3n) is 5.63. The van der Waals surface area contributed by atoms with Gasteiger partial charge in [0.05, 0.1) is 6.04 Å². The Kier molecular flexibility index (Phi) is 5.29. The average Bonchev–Trinajstić information content (AvgIpc) is 3.14. The molecule has 2 aliphatic rings. The van der Waals surface area contributed by atoms with E-state index in [2.05, 4.69) is 31.5 Å². The lowest BCUT2D eigenvalue weighted by Crippen LogP contribution is -2.41. The summed E-state index contributed by atoms with van der Waals surface area (Å²) >= 11 is 0. The maximum absolute atomic E-state index is 12.8. The topological polar surface area (TPSA) is 73.9 Å². The molecule has 1 atom stereocenters. The molecule has 3 heterocycles. The van der Waals surface area contributed by atoms with Crippen LogP contribution in [0.3, 0.4) is 0 Å². The summed E-state index contributed by atoms with van der Waals surface area (Å²) in [6.45, 7) is 2.74. The molecule has 6 nitrogen and oxygen atoms in total. The van der Waals surface area contributed by atoms with Crippen molar-refractivity contribution in [2.75, 3.05) is 19.6 Å². The van der Waals surface area contributed by atoms with Crippen molar-refractivity contribution < 1.29 is 4.79 Å². The van der Waals surface area contributed by atoms with Gasteiger partial charge in [-0.3, -0.25) is 19.8 Å². The lowest BCUT2D eigenvalue weighted by atomic mass is 9.95. The highest BCUT2D eigenvalue weighted by Crippen LogP contribution is 2.25. The van der Waals surface area contributed by atoms with Gasteiger partial charge in [0.1, 0.15) is 0 Å². The van der Waals surface area contributed by atoms with Gasteiger partial charge in [0.15, 0.2) is 5.69 Å². The van der Waals surface area contributed by atoms with Crippen molar-refractivity contribution >= 4 is 5.91 Å². The molecule has 0 spiro atoms. The second kappa shape index (κ2) is 7.99. The first-order chi connectivity index (χ1) is 12.8. The van der Waals surface area contributed by atoms with Gasteiger partial charge in [-0.25, -0.2) is 0 Å². The van der Waals surface area contributed by atoms with Crippen molar-refractivity contribution in [3.63, 3.8) is 0 Å². The molecule has 2 aromatic rings. The van der Waals surface area contributed by atoms with E-state index in [9.17, 15) is 4.79 Å². The predicted octanol–water partition coefficient (Wildman–Crippen LogP) is 2.64. The monoisotopic (exact) mass is 353 g/mol. The van der Waals surface area contributed by atoms with E-state index in [1.807, 2.05) is 12.3 Å². The highest BCUT2D eigenvalue weighted by molar-refractivity contribution is 5.94. The van der Waals surface area contributed by atoms with Crippen molar-refractivity contribution in [2.24, 2.45) is 0 Å². The second-order valence-corrected chi connectivity index (χ2v) is 7.35. The minimum atomic E-state index is -0.0599. The lowest BCUT2D eigenvalue weighted by molar-refractivity contribution is 0.0918. The van der Waals surface area contributed by atoms with Gasteiger partial charge in [0.2, 0.25) is 0 Å². The molecule has 0 saturated carbocycles. The molecule has 0 radical (unpaired) electrons. The summed E-state index contributed by atoms with van der Waals surface area (Å²) in [7, 11) is 0. The number of aryl methyl sites for hydroxylation is 1. The predicted molar refractivity (Wildman–Crippen MR) is 100.0 cm³/mol. The van der Waals surface area contributed by atoms with Crippen molar-refractivity contribution in [2.45, 2.75) is 51.0 Å². The average molecular weight is 353 g/mol. The molecule has 0 bridgehead atoms. The first kappa shape index (κ1) is 17.2. The number of hydrogen-bond donors (Lipinski definition) is 2. The van der Waals surface area contributed by atoms with E-state index in [0.29, 0.717) is 12.2 Å². The number of nitrogens with one attached hydrogen (secondary N) is 2. The van der Waals surface area contributed by atoms with Crippen LogP contribution in [0.1, 0.15) is 65.5 Å². The number of aromatic nitrogens is 3. The van der Waals surface area contributed by atoms with E-state index in [-0.39, 0.29) is 11.9 Å². The molecule has 2 aromatic heterocycles. The molecule has 2 N–H and O–H groups in total. The van der Waals surface area contributed by atoms with Gasteiger partial charge in [-0.15, -0.1) is 0 Å². The Morgan fingerprint density at radius 1 is 1.19 bits per heavy atom. The zero-order valence-corrected chi connectivity index (χ0v) is 15.2. The van der Waals surface area contributed by atoms with Crippen LogP contribution in [-0.2, 0) is 12.8 Å². The van der Waals surface area contributed by atoms with Crippen LogP contribution in [0, 0.1) is 0 Å². The fraction of sp³-hybridized carbons (Fsp3) is 0.550. The van der Waals surface area contributed by atoms with Crippen molar-refractivity contribution in [1.82, 2.24) is 25.4 Å². The number of carbonyl (C=O) groups is 1. The lowest BCUT2D eigenvalue weighted by Gasteiger charge is -2.34. The summed E-state index contributed by atoms with van der Waals surface area (Å²) in [5, 5.41) is 10.5. The zero-order chi connectivity index (χ0) is 17.8. The van der Waals surface area contributed by atoms with Crippen LogP contribution in [0.2, 0.25) is 0 Å². The summed E-state index contributed by atoms with van der Waals surface area (Å²) in [6.07, 6.45) is 11.7.